The lowest BCUT2D eigenvalue weighted by Crippen LogP contribution is -2.29. The van der Waals surface area contributed by atoms with Gasteiger partial charge in [0.1, 0.15) is 0 Å². The monoisotopic (exact) mass is 296 g/mol. The molecule has 2 N–H and O–H groups in total. The fourth-order valence-electron chi connectivity index (χ4n) is 2.85. The number of aromatic nitrogens is 2. The quantitative estimate of drug-likeness (QED) is 0.936. The summed E-state index contributed by atoms with van der Waals surface area (Å²) in [6, 6.07) is 9.75. The Balaban J connectivity index is 1.69. The van der Waals surface area contributed by atoms with E-state index in [1.54, 1.807) is 12.4 Å². The number of hydrogen-bond donors (Lipinski definition) is 1. The molecule has 2 aromatic rings. The Morgan fingerprint density at radius 2 is 1.95 bits per heavy atom. The van der Waals surface area contributed by atoms with Gasteiger partial charge in [-0.05, 0) is 25.3 Å². The fourth-order valence-corrected chi connectivity index (χ4v) is 2.85. The number of amides is 1. The third-order valence-electron chi connectivity index (χ3n) is 4.08. The number of hydrogen-bond acceptors (Lipinski definition) is 4. The molecule has 3 rings (SSSR count). The largest absolute Gasteiger partial charge is 0.338 e. The molecule has 114 valence electrons. The zero-order chi connectivity index (χ0) is 15.4. The summed E-state index contributed by atoms with van der Waals surface area (Å²) >= 11 is 0. The lowest BCUT2D eigenvalue weighted by atomic mass is 10.1. The zero-order valence-electron chi connectivity index (χ0n) is 12.5. The van der Waals surface area contributed by atoms with Crippen molar-refractivity contribution in [2.45, 2.75) is 12.8 Å². The van der Waals surface area contributed by atoms with Gasteiger partial charge in [-0.25, -0.2) is 9.97 Å². The third-order valence-corrected chi connectivity index (χ3v) is 4.08. The van der Waals surface area contributed by atoms with E-state index in [1.807, 2.05) is 35.2 Å². The van der Waals surface area contributed by atoms with E-state index in [2.05, 4.69) is 9.97 Å². The summed E-state index contributed by atoms with van der Waals surface area (Å²) in [5.41, 5.74) is 7.09. The van der Waals surface area contributed by atoms with Crippen LogP contribution in [0.1, 0.15) is 23.2 Å². The number of nitrogens with zero attached hydrogens (tertiary/aromatic N) is 3. The highest BCUT2D eigenvalue weighted by Gasteiger charge is 2.26. The molecule has 5 nitrogen and oxygen atoms in total. The lowest BCUT2D eigenvalue weighted by molar-refractivity contribution is 0.0786. The molecule has 1 fully saturated rings. The van der Waals surface area contributed by atoms with Crippen LogP contribution in [-0.4, -0.2) is 40.4 Å². The van der Waals surface area contributed by atoms with Crippen LogP contribution >= 0.6 is 0 Å². The van der Waals surface area contributed by atoms with Crippen LogP contribution in [0.25, 0.3) is 11.4 Å². The second kappa shape index (κ2) is 6.66. The van der Waals surface area contributed by atoms with Gasteiger partial charge in [0.15, 0.2) is 5.82 Å². The molecular formula is C17H20N4O. The standard InChI is InChI=1S/C17H20N4O/c18-8-6-13-7-9-21(12-13)17(22)15-10-19-16(20-11-15)14-4-2-1-3-5-14/h1-5,10-11,13H,6-9,12,18H2. The minimum atomic E-state index is 0.0131. The summed E-state index contributed by atoms with van der Waals surface area (Å²) in [6.07, 6.45) is 5.25. The van der Waals surface area contributed by atoms with Crippen LogP contribution < -0.4 is 5.73 Å². The molecule has 0 bridgehead atoms. The van der Waals surface area contributed by atoms with E-state index in [0.717, 1.165) is 31.5 Å². The van der Waals surface area contributed by atoms with Gasteiger partial charge in [-0.15, -0.1) is 0 Å². The van der Waals surface area contributed by atoms with Crippen LogP contribution in [-0.2, 0) is 0 Å². The molecule has 2 heterocycles. The van der Waals surface area contributed by atoms with E-state index in [0.29, 0.717) is 23.9 Å². The van der Waals surface area contributed by atoms with Gasteiger partial charge in [0.25, 0.3) is 5.91 Å². The smallest absolute Gasteiger partial charge is 0.257 e. The SMILES string of the molecule is NCCC1CCN(C(=O)c2cnc(-c3ccccc3)nc2)C1. The Kier molecular flexibility index (Phi) is 4.44. The van der Waals surface area contributed by atoms with Crippen LogP contribution in [0.3, 0.4) is 0 Å². The molecule has 1 aliphatic rings. The number of benzene rings is 1. The van der Waals surface area contributed by atoms with Crippen molar-refractivity contribution in [2.75, 3.05) is 19.6 Å². The van der Waals surface area contributed by atoms with Gasteiger partial charge in [-0.2, -0.15) is 0 Å². The minimum absolute atomic E-state index is 0.0131. The Morgan fingerprint density at radius 3 is 2.64 bits per heavy atom. The van der Waals surface area contributed by atoms with Crippen molar-refractivity contribution < 1.29 is 4.79 Å². The molecule has 0 radical (unpaired) electrons. The first-order valence-corrected chi connectivity index (χ1v) is 7.64. The van der Waals surface area contributed by atoms with Crippen molar-refractivity contribution in [1.82, 2.24) is 14.9 Å². The first kappa shape index (κ1) is 14.7. The van der Waals surface area contributed by atoms with Gasteiger partial charge < -0.3 is 10.6 Å². The van der Waals surface area contributed by atoms with Crippen molar-refractivity contribution in [3.8, 4) is 11.4 Å². The normalized spacial score (nSPS) is 17.7. The predicted octanol–water partition coefficient (Wildman–Crippen LogP) is 1.95. The Morgan fingerprint density at radius 1 is 1.23 bits per heavy atom. The van der Waals surface area contributed by atoms with Gasteiger partial charge in [0.05, 0.1) is 5.56 Å². The molecule has 1 unspecified atom stereocenters. The van der Waals surface area contributed by atoms with E-state index < -0.39 is 0 Å². The summed E-state index contributed by atoms with van der Waals surface area (Å²) in [6.45, 7) is 2.27. The highest BCUT2D eigenvalue weighted by Crippen LogP contribution is 2.21. The van der Waals surface area contributed by atoms with Crippen LogP contribution in [0.15, 0.2) is 42.7 Å². The number of carbonyl (C=O) groups is 1. The summed E-state index contributed by atoms with van der Waals surface area (Å²) in [5, 5.41) is 0. The molecule has 22 heavy (non-hydrogen) atoms. The van der Waals surface area contributed by atoms with Crippen molar-refractivity contribution in [2.24, 2.45) is 11.7 Å². The maximum absolute atomic E-state index is 12.5. The molecule has 1 saturated heterocycles. The number of rotatable bonds is 4. The van der Waals surface area contributed by atoms with Gasteiger partial charge in [0.2, 0.25) is 0 Å². The summed E-state index contributed by atoms with van der Waals surface area (Å²) < 4.78 is 0. The summed E-state index contributed by atoms with van der Waals surface area (Å²) in [5.74, 6) is 1.18. The van der Waals surface area contributed by atoms with Crippen molar-refractivity contribution in [1.29, 1.82) is 0 Å². The zero-order valence-corrected chi connectivity index (χ0v) is 12.5. The predicted molar refractivity (Wildman–Crippen MR) is 85.1 cm³/mol. The van der Waals surface area contributed by atoms with Gasteiger partial charge in [-0.1, -0.05) is 30.3 Å². The molecule has 1 amide bonds. The molecule has 1 aromatic heterocycles. The molecular weight excluding hydrogens is 276 g/mol. The van der Waals surface area contributed by atoms with Gasteiger partial charge >= 0.3 is 0 Å². The first-order valence-electron chi connectivity index (χ1n) is 7.64. The van der Waals surface area contributed by atoms with E-state index in [1.165, 1.54) is 0 Å². The number of nitrogens with two attached hydrogens (primary N) is 1. The second-order valence-corrected chi connectivity index (χ2v) is 5.64. The minimum Gasteiger partial charge on any atom is -0.338 e. The maximum atomic E-state index is 12.5. The lowest BCUT2D eigenvalue weighted by Gasteiger charge is -2.16. The Hall–Kier alpha value is -2.27. The highest BCUT2D eigenvalue weighted by molar-refractivity contribution is 5.93. The van der Waals surface area contributed by atoms with E-state index in [4.69, 9.17) is 5.73 Å². The van der Waals surface area contributed by atoms with Crippen molar-refractivity contribution in [3.05, 3.63) is 48.3 Å². The molecule has 1 aliphatic heterocycles. The third kappa shape index (κ3) is 3.14. The van der Waals surface area contributed by atoms with E-state index in [9.17, 15) is 4.79 Å². The van der Waals surface area contributed by atoms with Crippen LogP contribution in [0.4, 0.5) is 0 Å². The Bertz CT molecular complexity index is 627. The van der Waals surface area contributed by atoms with E-state index >= 15 is 0 Å². The summed E-state index contributed by atoms with van der Waals surface area (Å²) in [4.78, 5) is 23.0. The average Bonchev–Trinajstić information content (AvgIpc) is 3.04. The summed E-state index contributed by atoms with van der Waals surface area (Å²) in [7, 11) is 0. The van der Waals surface area contributed by atoms with Crippen LogP contribution in [0, 0.1) is 5.92 Å². The molecule has 5 heteroatoms. The molecule has 1 atom stereocenters. The topological polar surface area (TPSA) is 72.1 Å². The molecule has 1 aromatic carbocycles. The fraction of sp³-hybridized carbons (Fsp3) is 0.353. The van der Waals surface area contributed by atoms with Gasteiger partial charge in [-0.3, -0.25) is 4.79 Å². The van der Waals surface area contributed by atoms with Crippen molar-refractivity contribution in [3.63, 3.8) is 0 Å². The second-order valence-electron chi connectivity index (χ2n) is 5.64. The number of carbonyl (C=O) groups excluding carboxylic acids is 1. The average molecular weight is 296 g/mol. The molecule has 0 spiro atoms. The number of likely N-dealkylation sites (tertiary alicyclic amines) is 1. The van der Waals surface area contributed by atoms with Gasteiger partial charge in [0, 0.05) is 31.0 Å². The van der Waals surface area contributed by atoms with E-state index in [-0.39, 0.29) is 5.91 Å². The molecule has 0 saturated carbocycles. The van der Waals surface area contributed by atoms with Crippen molar-refractivity contribution >= 4 is 5.91 Å². The highest BCUT2D eigenvalue weighted by atomic mass is 16.2. The first-order chi connectivity index (χ1) is 10.8. The maximum Gasteiger partial charge on any atom is 0.257 e. The Labute approximate surface area is 130 Å². The van der Waals surface area contributed by atoms with Crippen LogP contribution in [0.2, 0.25) is 0 Å². The molecule has 0 aliphatic carbocycles. The van der Waals surface area contributed by atoms with Crippen LogP contribution in [0.5, 0.6) is 0 Å².